The summed E-state index contributed by atoms with van der Waals surface area (Å²) in [5.41, 5.74) is 0.392. The molecule has 1 aromatic carbocycles. The van der Waals surface area contributed by atoms with Crippen LogP contribution in [-0.2, 0) is 14.4 Å². The molecule has 0 saturated carbocycles. The van der Waals surface area contributed by atoms with E-state index in [-0.39, 0.29) is 18.2 Å². The van der Waals surface area contributed by atoms with Crippen LogP contribution in [0.3, 0.4) is 0 Å². The number of amides is 1. The van der Waals surface area contributed by atoms with Crippen LogP contribution in [-0.4, -0.2) is 17.7 Å². The monoisotopic (exact) mass is 277 g/mol. The number of esters is 1. The summed E-state index contributed by atoms with van der Waals surface area (Å²) in [6, 6.07) is 6.66. The molecule has 0 aliphatic carbocycles. The Labute approximate surface area is 118 Å². The van der Waals surface area contributed by atoms with E-state index < -0.39 is 5.91 Å². The van der Waals surface area contributed by atoms with Gasteiger partial charge in [-0.3, -0.25) is 14.4 Å². The lowest BCUT2D eigenvalue weighted by atomic mass is 10.2. The van der Waals surface area contributed by atoms with E-state index >= 15 is 0 Å². The minimum absolute atomic E-state index is 0.196. The maximum absolute atomic E-state index is 11.6. The number of carbonyl (C=O) groups excluding carboxylic acids is 3. The average molecular weight is 277 g/mol. The predicted molar refractivity (Wildman–Crippen MR) is 75.5 cm³/mol. The van der Waals surface area contributed by atoms with Gasteiger partial charge in [0.05, 0.1) is 12.1 Å². The fraction of sp³-hybridized carbons (Fsp3) is 0.400. The molecule has 0 heterocycles. The molecule has 0 aromatic heterocycles. The smallest absolute Gasteiger partial charge is 0.311 e. The lowest BCUT2D eigenvalue weighted by Gasteiger charge is -2.10. The van der Waals surface area contributed by atoms with Gasteiger partial charge >= 0.3 is 5.97 Å². The van der Waals surface area contributed by atoms with Crippen LogP contribution in [0.2, 0.25) is 0 Å². The van der Waals surface area contributed by atoms with E-state index in [0.29, 0.717) is 17.9 Å². The number of Topliss-reactive ketones (excluding diaryl/α,β-unsaturated/α-hetero) is 1. The van der Waals surface area contributed by atoms with Crippen LogP contribution in [0.5, 0.6) is 5.75 Å². The number of ether oxygens (including phenoxy) is 1. The number of hydrogen-bond acceptors (Lipinski definition) is 4. The predicted octanol–water partition coefficient (Wildman–Crippen LogP) is 2.70. The third-order valence-corrected chi connectivity index (χ3v) is 2.53. The first-order valence-electron chi connectivity index (χ1n) is 6.62. The summed E-state index contributed by atoms with van der Waals surface area (Å²) in [4.78, 5) is 34.0. The van der Waals surface area contributed by atoms with Crippen molar-refractivity contribution in [2.24, 2.45) is 0 Å². The van der Waals surface area contributed by atoms with Gasteiger partial charge in [0.1, 0.15) is 5.78 Å². The van der Waals surface area contributed by atoms with Crippen LogP contribution < -0.4 is 10.1 Å². The molecular weight excluding hydrogens is 258 g/mol. The molecule has 0 aliphatic heterocycles. The van der Waals surface area contributed by atoms with E-state index in [1.807, 2.05) is 6.92 Å². The van der Waals surface area contributed by atoms with Crippen molar-refractivity contribution < 1.29 is 19.1 Å². The van der Waals surface area contributed by atoms with Gasteiger partial charge in [-0.15, -0.1) is 0 Å². The van der Waals surface area contributed by atoms with Crippen molar-refractivity contribution in [3.8, 4) is 5.75 Å². The van der Waals surface area contributed by atoms with Crippen molar-refractivity contribution in [3.05, 3.63) is 24.3 Å². The quantitative estimate of drug-likeness (QED) is 0.472. The summed E-state index contributed by atoms with van der Waals surface area (Å²) in [5, 5.41) is 2.57. The lowest BCUT2D eigenvalue weighted by Crippen LogP contribution is -2.16. The highest BCUT2D eigenvalue weighted by molar-refractivity contribution is 6.04. The van der Waals surface area contributed by atoms with Gasteiger partial charge in [-0.25, -0.2) is 0 Å². The Morgan fingerprint density at radius 1 is 1.20 bits per heavy atom. The van der Waals surface area contributed by atoms with Gasteiger partial charge in [0, 0.05) is 6.42 Å². The topological polar surface area (TPSA) is 72.5 Å². The molecule has 1 aromatic rings. The van der Waals surface area contributed by atoms with E-state index in [1.165, 1.54) is 6.92 Å². The molecule has 1 rings (SSSR count). The van der Waals surface area contributed by atoms with Crippen LogP contribution in [0.4, 0.5) is 5.69 Å². The minimum atomic E-state index is -0.422. The van der Waals surface area contributed by atoms with Gasteiger partial charge in [0.2, 0.25) is 5.91 Å². The Bertz CT molecular complexity index is 496. The van der Waals surface area contributed by atoms with Crippen molar-refractivity contribution in [2.45, 2.75) is 39.5 Å². The SMILES string of the molecule is CCCCC(=O)Oc1ccccc1NC(=O)CC(C)=O. The van der Waals surface area contributed by atoms with Gasteiger partial charge in [0.25, 0.3) is 0 Å². The van der Waals surface area contributed by atoms with E-state index in [0.717, 1.165) is 12.8 Å². The summed E-state index contributed by atoms with van der Waals surface area (Å²) < 4.78 is 5.21. The van der Waals surface area contributed by atoms with Gasteiger partial charge in [-0.2, -0.15) is 0 Å². The molecule has 108 valence electrons. The third-order valence-electron chi connectivity index (χ3n) is 2.53. The number of unbranched alkanes of at least 4 members (excludes halogenated alkanes) is 1. The molecule has 5 nitrogen and oxygen atoms in total. The van der Waals surface area contributed by atoms with Crippen LogP contribution in [0, 0.1) is 0 Å². The minimum Gasteiger partial charge on any atom is -0.424 e. The van der Waals surface area contributed by atoms with Gasteiger partial charge in [-0.05, 0) is 25.5 Å². The fourth-order valence-electron chi connectivity index (χ4n) is 1.57. The molecule has 0 saturated heterocycles. The third kappa shape index (κ3) is 5.65. The number of carbonyl (C=O) groups is 3. The zero-order valence-electron chi connectivity index (χ0n) is 11.8. The molecule has 0 radical (unpaired) electrons. The standard InChI is InChI=1S/C15H19NO4/c1-3-4-9-15(19)20-13-8-6-5-7-12(13)16-14(18)10-11(2)17/h5-8H,3-4,9-10H2,1-2H3,(H,16,18). The number of benzene rings is 1. The second-order valence-electron chi connectivity index (χ2n) is 4.50. The number of para-hydroxylation sites is 2. The Morgan fingerprint density at radius 2 is 1.90 bits per heavy atom. The second kappa shape index (κ2) is 8.09. The number of nitrogens with one attached hydrogen (secondary N) is 1. The first-order chi connectivity index (χ1) is 9.52. The van der Waals surface area contributed by atoms with Gasteiger partial charge in [0.15, 0.2) is 5.75 Å². The van der Waals surface area contributed by atoms with Crippen molar-refractivity contribution in [1.29, 1.82) is 0 Å². The summed E-state index contributed by atoms with van der Waals surface area (Å²) in [5.74, 6) is -0.680. The van der Waals surface area contributed by atoms with Crippen molar-refractivity contribution in [2.75, 3.05) is 5.32 Å². The Kier molecular flexibility index (Phi) is 6.43. The van der Waals surface area contributed by atoms with E-state index in [9.17, 15) is 14.4 Å². The molecule has 5 heteroatoms. The summed E-state index contributed by atoms with van der Waals surface area (Å²) in [6.45, 7) is 3.33. The Hall–Kier alpha value is -2.17. The number of hydrogen-bond donors (Lipinski definition) is 1. The molecule has 0 fully saturated rings. The van der Waals surface area contributed by atoms with E-state index in [2.05, 4.69) is 5.32 Å². The molecule has 20 heavy (non-hydrogen) atoms. The molecule has 0 unspecified atom stereocenters. The summed E-state index contributed by atoms with van der Waals surface area (Å²) >= 11 is 0. The normalized spacial score (nSPS) is 9.90. The largest absolute Gasteiger partial charge is 0.424 e. The molecular formula is C15H19NO4. The Balaban J connectivity index is 2.70. The maximum Gasteiger partial charge on any atom is 0.311 e. The Morgan fingerprint density at radius 3 is 2.55 bits per heavy atom. The number of rotatable bonds is 7. The molecule has 0 bridgehead atoms. The lowest BCUT2D eigenvalue weighted by molar-refractivity contribution is -0.134. The van der Waals surface area contributed by atoms with Crippen LogP contribution in [0.1, 0.15) is 39.5 Å². The molecule has 0 aliphatic rings. The highest BCUT2D eigenvalue weighted by Gasteiger charge is 2.12. The fourth-order valence-corrected chi connectivity index (χ4v) is 1.57. The number of anilines is 1. The molecule has 0 atom stereocenters. The summed E-state index contributed by atoms with van der Waals surface area (Å²) in [7, 11) is 0. The summed E-state index contributed by atoms with van der Waals surface area (Å²) in [6.07, 6.45) is 1.81. The van der Waals surface area contributed by atoms with Gasteiger partial charge < -0.3 is 10.1 Å². The second-order valence-corrected chi connectivity index (χ2v) is 4.50. The highest BCUT2D eigenvalue weighted by Crippen LogP contribution is 2.24. The highest BCUT2D eigenvalue weighted by atomic mass is 16.5. The van der Waals surface area contributed by atoms with Crippen molar-refractivity contribution in [3.63, 3.8) is 0 Å². The first kappa shape index (κ1) is 15.9. The van der Waals surface area contributed by atoms with E-state index in [1.54, 1.807) is 24.3 Å². The zero-order valence-corrected chi connectivity index (χ0v) is 11.8. The van der Waals surface area contributed by atoms with Crippen molar-refractivity contribution >= 4 is 23.3 Å². The molecule has 1 amide bonds. The van der Waals surface area contributed by atoms with Crippen LogP contribution in [0.25, 0.3) is 0 Å². The molecule has 0 spiro atoms. The van der Waals surface area contributed by atoms with Gasteiger partial charge in [-0.1, -0.05) is 25.5 Å². The number of ketones is 1. The average Bonchev–Trinajstić information content (AvgIpc) is 2.37. The van der Waals surface area contributed by atoms with Crippen LogP contribution >= 0.6 is 0 Å². The molecule has 1 N–H and O–H groups in total. The first-order valence-corrected chi connectivity index (χ1v) is 6.62. The van der Waals surface area contributed by atoms with Crippen molar-refractivity contribution in [1.82, 2.24) is 0 Å². The van der Waals surface area contributed by atoms with Crippen LogP contribution in [0.15, 0.2) is 24.3 Å². The maximum atomic E-state index is 11.6. The van der Waals surface area contributed by atoms with E-state index in [4.69, 9.17) is 4.74 Å². The zero-order chi connectivity index (χ0) is 15.0.